The van der Waals surface area contributed by atoms with Gasteiger partial charge in [-0.05, 0) is 15.9 Å². The molecule has 0 aliphatic heterocycles. The number of hydrogen-bond acceptors (Lipinski definition) is 6. The van der Waals surface area contributed by atoms with Gasteiger partial charge in [-0.15, -0.1) is 0 Å². The summed E-state index contributed by atoms with van der Waals surface area (Å²) in [6, 6.07) is 1.42. The van der Waals surface area contributed by atoms with Crippen LogP contribution in [0.1, 0.15) is 5.76 Å². The van der Waals surface area contributed by atoms with Crippen molar-refractivity contribution in [3.8, 4) is 0 Å². The largest absolute Gasteiger partial charge is 0.452 e. The van der Waals surface area contributed by atoms with Crippen LogP contribution in [-0.2, 0) is 26.0 Å². The molecule has 0 fully saturated rings. The third-order valence-corrected chi connectivity index (χ3v) is 5.37. The van der Waals surface area contributed by atoms with Crippen molar-refractivity contribution in [2.45, 2.75) is 11.4 Å². The maximum atomic E-state index is 12.6. The minimum absolute atomic E-state index is 0.0603. The fourth-order valence-corrected chi connectivity index (χ4v) is 3.92. The molecule has 0 saturated carbocycles. The molecule has 0 spiro atoms. The van der Waals surface area contributed by atoms with Gasteiger partial charge in [0, 0.05) is 33.4 Å². The first-order chi connectivity index (χ1) is 9.47. The summed E-state index contributed by atoms with van der Waals surface area (Å²) < 4.78 is 41.7. The van der Waals surface area contributed by atoms with Gasteiger partial charge in [-0.3, -0.25) is 0 Å². The standard InChI is InChI=1S/C11H19BrN2O5S/c1-17-5-3-14(4-6-18-2)20(15,16)10-7-9(8-13)19-11(10)12/h7H,3-6,8,13H2,1-2H3. The highest BCUT2D eigenvalue weighted by molar-refractivity contribution is 9.10. The van der Waals surface area contributed by atoms with E-state index in [1.807, 2.05) is 0 Å². The Balaban J connectivity index is 3.03. The maximum Gasteiger partial charge on any atom is 0.247 e. The molecule has 0 bridgehead atoms. The zero-order chi connectivity index (χ0) is 15.2. The molecule has 0 aliphatic carbocycles. The number of sulfonamides is 1. The molecule has 1 heterocycles. The molecule has 2 N–H and O–H groups in total. The number of methoxy groups -OCH3 is 2. The second-order valence-electron chi connectivity index (χ2n) is 3.94. The minimum atomic E-state index is -3.69. The van der Waals surface area contributed by atoms with Gasteiger partial charge >= 0.3 is 0 Å². The molecule has 1 rings (SSSR count). The van der Waals surface area contributed by atoms with E-state index in [9.17, 15) is 8.42 Å². The Morgan fingerprint density at radius 3 is 2.25 bits per heavy atom. The summed E-state index contributed by atoms with van der Waals surface area (Å²) in [5.74, 6) is 0.397. The van der Waals surface area contributed by atoms with Gasteiger partial charge < -0.3 is 19.6 Å². The SMILES string of the molecule is COCCN(CCOC)S(=O)(=O)c1cc(CN)oc1Br. The zero-order valence-corrected chi connectivity index (χ0v) is 13.9. The third kappa shape index (κ3) is 4.27. The average molecular weight is 371 g/mol. The van der Waals surface area contributed by atoms with Crippen LogP contribution in [0.25, 0.3) is 0 Å². The van der Waals surface area contributed by atoms with E-state index >= 15 is 0 Å². The first-order valence-electron chi connectivity index (χ1n) is 5.93. The van der Waals surface area contributed by atoms with E-state index < -0.39 is 10.0 Å². The molecule has 0 atom stereocenters. The number of hydrogen-bond donors (Lipinski definition) is 1. The fraction of sp³-hybridized carbons (Fsp3) is 0.636. The van der Waals surface area contributed by atoms with Crippen molar-refractivity contribution in [3.05, 3.63) is 16.5 Å². The van der Waals surface area contributed by atoms with Crippen LogP contribution in [0.15, 0.2) is 20.0 Å². The fourth-order valence-electron chi connectivity index (χ4n) is 1.55. The number of ether oxygens (including phenoxy) is 2. The molecule has 7 nitrogen and oxygen atoms in total. The highest BCUT2D eigenvalue weighted by atomic mass is 79.9. The number of nitrogens with zero attached hydrogens (tertiary/aromatic N) is 1. The van der Waals surface area contributed by atoms with Gasteiger partial charge in [0.1, 0.15) is 10.7 Å². The number of rotatable bonds is 9. The van der Waals surface area contributed by atoms with Crippen LogP contribution in [0.5, 0.6) is 0 Å². The lowest BCUT2D eigenvalue weighted by Gasteiger charge is -2.20. The number of halogens is 1. The van der Waals surface area contributed by atoms with Crippen molar-refractivity contribution >= 4 is 26.0 Å². The minimum Gasteiger partial charge on any atom is -0.452 e. The van der Waals surface area contributed by atoms with E-state index in [2.05, 4.69) is 15.9 Å². The molecule has 0 unspecified atom stereocenters. The topological polar surface area (TPSA) is 95.0 Å². The van der Waals surface area contributed by atoms with Crippen LogP contribution < -0.4 is 5.73 Å². The molecule has 0 radical (unpaired) electrons. The number of nitrogens with two attached hydrogens (primary N) is 1. The molecule has 1 aromatic rings. The Hall–Kier alpha value is -0.450. The lowest BCUT2D eigenvalue weighted by molar-refractivity contribution is 0.150. The Kier molecular flexibility index (Phi) is 7.13. The van der Waals surface area contributed by atoms with E-state index in [0.717, 1.165) is 0 Å². The molecule has 0 aliphatic rings. The normalized spacial score (nSPS) is 12.2. The molecule has 20 heavy (non-hydrogen) atoms. The molecule has 0 amide bonds. The first-order valence-corrected chi connectivity index (χ1v) is 8.17. The molecule has 1 aromatic heterocycles. The highest BCUT2D eigenvalue weighted by Gasteiger charge is 2.29. The van der Waals surface area contributed by atoms with Gasteiger partial charge in [-0.25, -0.2) is 8.42 Å². The smallest absolute Gasteiger partial charge is 0.247 e. The van der Waals surface area contributed by atoms with E-state index in [0.29, 0.717) is 19.0 Å². The van der Waals surface area contributed by atoms with Crippen molar-refractivity contribution in [3.63, 3.8) is 0 Å². The first kappa shape index (κ1) is 17.6. The summed E-state index contributed by atoms with van der Waals surface area (Å²) in [4.78, 5) is 0.0603. The van der Waals surface area contributed by atoms with Crippen LogP contribution in [-0.4, -0.2) is 53.2 Å². The summed E-state index contributed by atoms with van der Waals surface area (Å²) in [7, 11) is -0.658. The average Bonchev–Trinajstić information content (AvgIpc) is 2.80. The van der Waals surface area contributed by atoms with Crippen LogP contribution >= 0.6 is 15.9 Å². The van der Waals surface area contributed by atoms with E-state index in [1.54, 1.807) is 0 Å². The van der Waals surface area contributed by atoms with Crippen LogP contribution in [0, 0.1) is 0 Å². The lowest BCUT2D eigenvalue weighted by Crippen LogP contribution is -2.36. The van der Waals surface area contributed by atoms with Gasteiger partial charge in [0.2, 0.25) is 10.0 Å². The number of furan rings is 1. The van der Waals surface area contributed by atoms with Crippen molar-refractivity contribution < 1.29 is 22.3 Å². The second kappa shape index (κ2) is 8.11. The zero-order valence-electron chi connectivity index (χ0n) is 11.5. The predicted molar refractivity (Wildman–Crippen MR) is 76.8 cm³/mol. The van der Waals surface area contributed by atoms with Crippen LogP contribution in [0.3, 0.4) is 0 Å². The van der Waals surface area contributed by atoms with Crippen molar-refractivity contribution in [2.24, 2.45) is 5.73 Å². The van der Waals surface area contributed by atoms with Crippen LogP contribution in [0.4, 0.5) is 0 Å². The summed E-state index contributed by atoms with van der Waals surface area (Å²) >= 11 is 3.11. The molecular weight excluding hydrogens is 352 g/mol. The Morgan fingerprint density at radius 2 is 1.85 bits per heavy atom. The summed E-state index contributed by atoms with van der Waals surface area (Å²) in [6.45, 7) is 1.18. The Bertz CT molecular complexity index is 509. The summed E-state index contributed by atoms with van der Waals surface area (Å²) in [5.41, 5.74) is 5.45. The quantitative estimate of drug-likeness (QED) is 0.690. The monoisotopic (exact) mass is 370 g/mol. The third-order valence-electron chi connectivity index (χ3n) is 2.62. The predicted octanol–water partition coefficient (Wildman–Crippen LogP) is 0.784. The van der Waals surface area contributed by atoms with Gasteiger partial charge in [0.25, 0.3) is 0 Å². The Labute approximate surface area is 127 Å². The summed E-state index contributed by atoms with van der Waals surface area (Å²) in [5, 5.41) is 0. The lowest BCUT2D eigenvalue weighted by atomic mass is 10.5. The second-order valence-corrected chi connectivity index (χ2v) is 6.57. The van der Waals surface area contributed by atoms with Gasteiger partial charge in [0.05, 0.1) is 19.8 Å². The maximum absolute atomic E-state index is 12.6. The molecule has 116 valence electrons. The van der Waals surface area contributed by atoms with Crippen LogP contribution in [0.2, 0.25) is 0 Å². The van der Waals surface area contributed by atoms with Crippen molar-refractivity contribution in [1.82, 2.24) is 4.31 Å². The van der Waals surface area contributed by atoms with Crippen molar-refractivity contribution in [2.75, 3.05) is 40.5 Å². The molecule has 0 saturated heterocycles. The molecule has 9 heteroatoms. The molecule has 0 aromatic carbocycles. The van der Waals surface area contributed by atoms with Gasteiger partial charge in [-0.2, -0.15) is 4.31 Å². The molecular formula is C11H19BrN2O5S. The van der Waals surface area contributed by atoms with E-state index in [1.165, 1.54) is 24.6 Å². The summed E-state index contributed by atoms with van der Waals surface area (Å²) in [6.07, 6.45) is 0. The highest BCUT2D eigenvalue weighted by Crippen LogP contribution is 2.28. The van der Waals surface area contributed by atoms with E-state index in [-0.39, 0.29) is 29.2 Å². The van der Waals surface area contributed by atoms with E-state index in [4.69, 9.17) is 19.6 Å². The van der Waals surface area contributed by atoms with Gasteiger partial charge in [0.15, 0.2) is 4.67 Å². The van der Waals surface area contributed by atoms with Crippen molar-refractivity contribution in [1.29, 1.82) is 0 Å². The van der Waals surface area contributed by atoms with Gasteiger partial charge in [-0.1, -0.05) is 0 Å². The Morgan fingerprint density at radius 1 is 1.30 bits per heavy atom.